The van der Waals surface area contributed by atoms with Crippen molar-refractivity contribution in [1.82, 2.24) is 4.98 Å². The summed E-state index contributed by atoms with van der Waals surface area (Å²) >= 11 is 1.55. The fraction of sp³-hybridized carbons (Fsp3) is 0. The number of carbonyl (C=O) groups is 1. The minimum absolute atomic E-state index is 0.0496. The van der Waals surface area contributed by atoms with Crippen molar-refractivity contribution in [2.75, 3.05) is 5.32 Å². The van der Waals surface area contributed by atoms with Gasteiger partial charge in [0.05, 0.1) is 26.4 Å². The van der Waals surface area contributed by atoms with Crippen molar-refractivity contribution in [3.8, 4) is 10.6 Å². The van der Waals surface area contributed by atoms with Crippen molar-refractivity contribution in [2.24, 2.45) is 0 Å². The lowest BCUT2D eigenvalue weighted by Crippen LogP contribution is -2.08. The van der Waals surface area contributed by atoms with E-state index in [1.807, 2.05) is 42.5 Å². The van der Waals surface area contributed by atoms with Crippen molar-refractivity contribution in [3.63, 3.8) is 0 Å². The number of para-hydroxylation sites is 3. The standard InChI is InChI=1S/C22H15N3O3S/c26-21(14-13-15-7-1-5-11-19(15)25(27)28)23-17-9-3-2-8-16(17)22-24-18-10-4-6-12-20(18)29-22/h1-14H,(H,23,26)/b14-13+. The molecule has 0 saturated heterocycles. The highest BCUT2D eigenvalue weighted by atomic mass is 32.1. The third-order valence-corrected chi connectivity index (χ3v) is 5.33. The molecule has 0 fully saturated rings. The zero-order chi connectivity index (χ0) is 20.2. The fourth-order valence-corrected chi connectivity index (χ4v) is 3.91. The number of nitrogens with one attached hydrogen (secondary N) is 1. The van der Waals surface area contributed by atoms with Crippen LogP contribution in [0.25, 0.3) is 26.9 Å². The van der Waals surface area contributed by atoms with Gasteiger partial charge in [-0.1, -0.05) is 36.4 Å². The second kappa shape index (κ2) is 8.04. The van der Waals surface area contributed by atoms with E-state index < -0.39 is 4.92 Å². The molecule has 0 bridgehead atoms. The summed E-state index contributed by atoms with van der Waals surface area (Å²) in [7, 11) is 0. The summed E-state index contributed by atoms with van der Waals surface area (Å²) < 4.78 is 1.07. The number of nitrogens with zero attached hydrogens (tertiary/aromatic N) is 2. The molecule has 29 heavy (non-hydrogen) atoms. The Labute approximate surface area is 170 Å². The maximum atomic E-state index is 12.4. The molecular weight excluding hydrogens is 386 g/mol. The summed E-state index contributed by atoms with van der Waals surface area (Å²) in [5, 5.41) is 14.8. The zero-order valence-electron chi connectivity index (χ0n) is 15.1. The fourth-order valence-electron chi connectivity index (χ4n) is 2.90. The molecule has 4 rings (SSSR count). The normalized spacial score (nSPS) is 11.0. The Balaban J connectivity index is 1.59. The van der Waals surface area contributed by atoms with Crippen LogP contribution in [0.2, 0.25) is 0 Å². The van der Waals surface area contributed by atoms with Crippen LogP contribution >= 0.6 is 11.3 Å². The van der Waals surface area contributed by atoms with Gasteiger partial charge in [0.25, 0.3) is 5.69 Å². The van der Waals surface area contributed by atoms with Crippen LogP contribution in [-0.2, 0) is 4.79 Å². The van der Waals surface area contributed by atoms with Gasteiger partial charge >= 0.3 is 0 Å². The van der Waals surface area contributed by atoms with Crippen LogP contribution in [0, 0.1) is 10.1 Å². The summed E-state index contributed by atoms with van der Waals surface area (Å²) in [6, 6.07) is 21.6. The van der Waals surface area contributed by atoms with E-state index in [2.05, 4.69) is 10.3 Å². The van der Waals surface area contributed by atoms with Gasteiger partial charge in [-0.05, 0) is 36.4 Å². The number of amides is 1. The van der Waals surface area contributed by atoms with Gasteiger partial charge in [-0.3, -0.25) is 14.9 Å². The molecule has 0 aliphatic heterocycles. The zero-order valence-corrected chi connectivity index (χ0v) is 15.9. The molecule has 0 saturated carbocycles. The van der Waals surface area contributed by atoms with Crippen molar-refractivity contribution in [1.29, 1.82) is 0 Å². The lowest BCUT2D eigenvalue weighted by atomic mass is 10.1. The first kappa shape index (κ1) is 18.5. The van der Waals surface area contributed by atoms with E-state index in [0.29, 0.717) is 11.3 Å². The summed E-state index contributed by atoms with van der Waals surface area (Å²) in [6.45, 7) is 0. The first-order chi connectivity index (χ1) is 14.1. The second-order valence-corrected chi connectivity index (χ2v) is 7.20. The van der Waals surface area contributed by atoms with E-state index in [-0.39, 0.29) is 11.6 Å². The van der Waals surface area contributed by atoms with E-state index in [0.717, 1.165) is 20.8 Å². The van der Waals surface area contributed by atoms with Gasteiger partial charge in [0, 0.05) is 17.7 Å². The molecule has 3 aromatic carbocycles. The lowest BCUT2D eigenvalue weighted by Gasteiger charge is -2.07. The molecule has 0 spiro atoms. The first-order valence-corrected chi connectivity index (χ1v) is 9.61. The van der Waals surface area contributed by atoms with Crippen LogP contribution in [0.15, 0.2) is 78.9 Å². The number of nitro groups is 1. The average Bonchev–Trinajstić information content (AvgIpc) is 3.17. The molecule has 4 aromatic rings. The molecule has 1 heterocycles. The Morgan fingerprint density at radius 1 is 1.00 bits per heavy atom. The average molecular weight is 401 g/mol. The number of nitro benzene ring substituents is 1. The molecule has 0 radical (unpaired) electrons. The number of aromatic nitrogens is 1. The number of benzene rings is 3. The van der Waals surface area contributed by atoms with Crippen molar-refractivity contribution < 1.29 is 9.72 Å². The largest absolute Gasteiger partial charge is 0.322 e. The highest BCUT2D eigenvalue weighted by Gasteiger charge is 2.12. The van der Waals surface area contributed by atoms with Crippen LogP contribution < -0.4 is 5.32 Å². The van der Waals surface area contributed by atoms with Crippen molar-refractivity contribution in [3.05, 3.63) is 94.6 Å². The number of carbonyl (C=O) groups excluding carboxylic acids is 1. The molecule has 142 valence electrons. The van der Waals surface area contributed by atoms with Gasteiger partial charge in [-0.25, -0.2) is 4.98 Å². The van der Waals surface area contributed by atoms with Gasteiger partial charge in [-0.15, -0.1) is 11.3 Å². The SMILES string of the molecule is O=C(/C=C/c1ccccc1[N+](=O)[O-])Nc1ccccc1-c1nc2ccccc2s1. The Kier molecular flexibility index (Phi) is 5.13. The molecule has 1 amide bonds. The quantitative estimate of drug-likeness (QED) is 0.271. The van der Waals surface area contributed by atoms with E-state index >= 15 is 0 Å². The number of rotatable bonds is 5. The van der Waals surface area contributed by atoms with Crippen LogP contribution in [0.4, 0.5) is 11.4 Å². The van der Waals surface area contributed by atoms with Crippen LogP contribution in [0.5, 0.6) is 0 Å². The number of hydrogen-bond acceptors (Lipinski definition) is 5. The molecule has 7 heteroatoms. The van der Waals surface area contributed by atoms with Gasteiger partial charge in [-0.2, -0.15) is 0 Å². The monoisotopic (exact) mass is 401 g/mol. The maximum absolute atomic E-state index is 12.4. The first-order valence-electron chi connectivity index (χ1n) is 8.79. The topological polar surface area (TPSA) is 85.1 Å². The van der Waals surface area contributed by atoms with Crippen molar-refractivity contribution >= 4 is 44.9 Å². The third kappa shape index (κ3) is 4.04. The smallest absolute Gasteiger partial charge is 0.276 e. The summed E-state index contributed by atoms with van der Waals surface area (Å²) in [6.07, 6.45) is 2.73. The number of thiazole rings is 1. The number of fused-ring (bicyclic) bond motifs is 1. The van der Waals surface area contributed by atoms with Gasteiger partial charge in [0.1, 0.15) is 5.01 Å². The molecule has 6 nitrogen and oxygen atoms in total. The molecular formula is C22H15N3O3S. The van der Waals surface area contributed by atoms with Crippen LogP contribution in [0.3, 0.4) is 0 Å². The second-order valence-electron chi connectivity index (χ2n) is 6.17. The number of anilines is 1. The maximum Gasteiger partial charge on any atom is 0.276 e. The van der Waals surface area contributed by atoms with Gasteiger partial charge in [0.15, 0.2) is 0 Å². The highest BCUT2D eigenvalue weighted by molar-refractivity contribution is 7.21. The molecule has 0 atom stereocenters. The Bertz CT molecular complexity index is 1210. The predicted molar refractivity (Wildman–Crippen MR) is 116 cm³/mol. The van der Waals surface area contributed by atoms with Crippen LogP contribution in [0.1, 0.15) is 5.56 Å². The minimum Gasteiger partial charge on any atom is -0.322 e. The predicted octanol–water partition coefficient (Wildman–Crippen LogP) is 5.52. The Morgan fingerprint density at radius 3 is 2.55 bits per heavy atom. The van der Waals surface area contributed by atoms with E-state index in [4.69, 9.17) is 0 Å². The summed E-state index contributed by atoms with van der Waals surface area (Å²) in [4.78, 5) is 27.7. The molecule has 0 unspecified atom stereocenters. The third-order valence-electron chi connectivity index (χ3n) is 4.26. The molecule has 1 aromatic heterocycles. The minimum atomic E-state index is -0.472. The van der Waals surface area contributed by atoms with Crippen LogP contribution in [-0.4, -0.2) is 15.8 Å². The molecule has 1 N–H and O–H groups in total. The highest BCUT2D eigenvalue weighted by Crippen LogP contribution is 2.34. The van der Waals surface area contributed by atoms with E-state index in [1.54, 1.807) is 35.6 Å². The molecule has 0 aliphatic rings. The summed E-state index contributed by atoms with van der Waals surface area (Å²) in [5.41, 5.74) is 2.67. The lowest BCUT2D eigenvalue weighted by molar-refractivity contribution is -0.385. The summed E-state index contributed by atoms with van der Waals surface area (Å²) in [5.74, 6) is -0.378. The molecule has 0 aliphatic carbocycles. The van der Waals surface area contributed by atoms with Gasteiger partial charge in [0.2, 0.25) is 5.91 Å². The van der Waals surface area contributed by atoms with E-state index in [1.165, 1.54) is 18.2 Å². The van der Waals surface area contributed by atoms with E-state index in [9.17, 15) is 14.9 Å². The van der Waals surface area contributed by atoms with Gasteiger partial charge < -0.3 is 5.32 Å². The van der Waals surface area contributed by atoms with Crippen molar-refractivity contribution in [2.45, 2.75) is 0 Å². The Morgan fingerprint density at radius 2 is 1.72 bits per heavy atom. The number of hydrogen-bond donors (Lipinski definition) is 1. The Hall–Kier alpha value is -3.84.